The molecule has 5 heteroatoms. The first kappa shape index (κ1) is 19.8. The Morgan fingerprint density at radius 1 is 0.903 bits per heavy atom. The second kappa shape index (κ2) is 8.16. The molecule has 2 heterocycles. The van der Waals surface area contributed by atoms with Crippen molar-refractivity contribution in [3.63, 3.8) is 0 Å². The first-order valence-corrected chi connectivity index (χ1v) is 11.0. The Balaban J connectivity index is 1.29. The minimum Gasteiger partial charge on any atom is -0.336 e. The van der Waals surface area contributed by atoms with Crippen LogP contribution in [0, 0.1) is 6.92 Å². The molecule has 5 rings (SSSR count). The summed E-state index contributed by atoms with van der Waals surface area (Å²) in [5.74, 6) is -0.0626. The van der Waals surface area contributed by atoms with Crippen molar-refractivity contribution < 1.29 is 9.59 Å². The van der Waals surface area contributed by atoms with Crippen molar-refractivity contribution in [2.75, 3.05) is 31.5 Å². The van der Waals surface area contributed by atoms with Crippen molar-refractivity contribution >= 4 is 28.3 Å². The number of nitrogens with zero attached hydrogens (tertiary/aromatic N) is 2. The van der Waals surface area contributed by atoms with Gasteiger partial charge in [-0.25, -0.2) is 0 Å². The molecule has 1 N–H and O–H groups in total. The fourth-order valence-electron chi connectivity index (χ4n) is 4.82. The molecule has 158 valence electrons. The number of hydrogen-bond acceptors (Lipinski definition) is 3. The normalized spacial score (nSPS) is 18.7. The third-order valence-electron chi connectivity index (χ3n) is 6.61. The highest BCUT2D eigenvalue weighted by Gasteiger charge is 2.32. The van der Waals surface area contributed by atoms with E-state index in [1.807, 2.05) is 72.5 Å². The maximum atomic E-state index is 13.0. The summed E-state index contributed by atoms with van der Waals surface area (Å²) in [7, 11) is 0. The number of benzene rings is 3. The molecule has 0 aromatic heterocycles. The lowest BCUT2D eigenvalue weighted by molar-refractivity contribution is 0.0571. The maximum Gasteiger partial charge on any atom is 0.255 e. The van der Waals surface area contributed by atoms with Crippen LogP contribution in [0.15, 0.2) is 60.7 Å². The SMILES string of the molecule is Cc1cc(C(=O)N2CCN3CCC[C@@H]3C2)ccc1NC(=O)c1ccc2ccccc2c1. The van der Waals surface area contributed by atoms with Crippen molar-refractivity contribution in [2.24, 2.45) is 0 Å². The van der Waals surface area contributed by atoms with Crippen LogP contribution >= 0.6 is 0 Å². The fourth-order valence-corrected chi connectivity index (χ4v) is 4.82. The van der Waals surface area contributed by atoms with Gasteiger partial charge in [-0.1, -0.05) is 30.3 Å². The van der Waals surface area contributed by atoms with Gasteiger partial charge in [0.15, 0.2) is 0 Å². The van der Waals surface area contributed by atoms with Crippen LogP contribution in [-0.2, 0) is 0 Å². The highest BCUT2D eigenvalue weighted by Crippen LogP contribution is 2.24. The van der Waals surface area contributed by atoms with E-state index in [0.717, 1.165) is 48.2 Å². The molecular formula is C26H27N3O2. The predicted molar refractivity (Wildman–Crippen MR) is 124 cm³/mol. The van der Waals surface area contributed by atoms with E-state index in [-0.39, 0.29) is 11.8 Å². The van der Waals surface area contributed by atoms with Gasteiger partial charge in [-0.2, -0.15) is 0 Å². The molecule has 0 spiro atoms. The number of carbonyl (C=O) groups is 2. The van der Waals surface area contributed by atoms with Crippen LogP contribution in [0.5, 0.6) is 0 Å². The first-order valence-electron chi connectivity index (χ1n) is 11.0. The van der Waals surface area contributed by atoms with Gasteiger partial charge in [0, 0.05) is 42.5 Å². The van der Waals surface area contributed by atoms with Crippen LogP contribution in [0.25, 0.3) is 10.8 Å². The summed E-state index contributed by atoms with van der Waals surface area (Å²) >= 11 is 0. The van der Waals surface area contributed by atoms with Crippen molar-refractivity contribution in [1.29, 1.82) is 0 Å². The molecule has 2 aliphatic heterocycles. The molecule has 2 saturated heterocycles. The largest absolute Gasteiger partial charge is 0.336 e. The molecule has 2 aliphatic rings. The van der Waals surface area contributed by atoms with Crippen LogP contribution in [0.2, 0.25) is 0 Å². The van der Waals surface area contributed by atoms with E-state index in [1.54, 1.807) is 0 Å². The minimum absolute atomic E-state index is 0.0852. The van der Waals surface area contributed by atoms with Gasteiger partial charge in [-0.05, 0) is 73.0 Å². The maximum absolute atomic E-state index is 13.0. The van der Waals surface area contributed by atoms with Crippen LogP contribution in [0.4, 0.5) is 5.69 Å². The van der Waals surface area contributed by atoms with Crippen molar-refractivity contribution in [2.45, 2.75) is 25.8 Å². The van der Waals surface area contributed by atoms with E-state index in [4.69, 9.17) is 0 Å². The van der Waals surface area contributed by atoms with E-state index >= 15 is 0 Å². The number of hydrogen-bond donors (Lipinski definition) is 1. The molecular weight excluding hydrogens is 386 g/mol. The topological polar surface area (TPSA) is 52.7 Å². The summed E-state index contributed by atoms with van der Waals surface area (Å²) in [5.41, 5.74) is 2.93. The standard InChI is InChI=1S/C26H27N3O2/c1-18-15-22(26(31)29-14-13-28-12-4-7-23(28)17-29)10-11-24(18)27-25(30)21-9-8-19-5-2-3-6-20(19)16-21/h2-3,5-6,8-11,15-16,23H,4,7,12-14,17H2,1H3,(H,27,30)/t23-/m1/s1. The highest BCUT2D eigenvalue weighted by molar-refractivity contribution is 6.07. The lowest BCUT2D eigenvalue weighted by Gasteiger charge is -2.37. The molecule has 0 aliphatic carbocycles. The Morgan fingerprint density at radius 3 is 2.55 bits per heavy atom. The number of piperazine rings is 1. The van der Waals surface area contributed by atoms with E-state index in [0.29, 0.717) is 17.2 Å². The van der Waals surface area contributed by atoms with Gasteiger partial charge in [0.25, 0.3) is 11.8 Å². The van der Waals surface area contributed by atoms with Gasteiger partial charge in [0.2, 0.25) is 0 Å². The van der Waals surface area contributed by atoms with Crippen LogP contribution in [-0.4, -0.2) is 53.8 Å². The number of rotatable bonds is 3. The first-order chi connectivity index (χ1) is 15.1. The molecule has 5 nitrogen and oxygen atoms in total. The third-order valence-corrected chi connectivity index (χ3v) is 6.61. The number of nitrogens with one attached hydrogen (secondary N) is 1. The Kier molecular flexibility index (Phi) is 5.20. The van der Waals surface area contributed by atoms with Crippen LogP contribution in [0.3, 0.4) is 0 Å². The van der Waals surface area contributed by atoms with Crippen LogP contribution < -0.4 is 5.32 Å². The summed E-state index contributed by atoms with van der Waals surface area (Å²) in [5, 5.41) is 5.14. The summed E-state index contributed by atoms with van der Waals surface area (Å²) in [4.78, 5) is 30.3. The molecule has 0 unspecified atom stereocenters. The van der Waals surface area contributed by atoms with Crippen LogP contribution in [0.1, 0.15) is 39.1 Å². The average Bonchev–Trinajstić information content (AvgIpc) is 3.27. The molecule has 31 heavy (non-hydrogen) atoms. The molecule has 0 saturated carbocycles. The van der Waals surface area contributed by atoms with Crippen molar-refractivity contribution in [3.05, 3.63) is 77.4 Å². The Bertz CT molecular complexity index is 1160. The van der Waals surface area contributed by atoms with E-state index in [2.05, 4.69) is 10.2 Å². The highest BCUT2D eigenvalue weighted by atomic mass is 16.2. The van der Waals surface area contributed by atoms with E-state index in [1.165, 1.54) is 12.8 Å². The van der Waals surface area contributed by atoms with Crippen molar-refractivity contribution in [3.8, 4) is 0 Å². The van der Waals surface area contributed by atoms with Gasteiger partial charge in [0.05, 0.1) is 0 Å². The lowest BCUT2D eigenvalue weighted by atomic mass is 10.1. The van der Waals surface area contributed by atoms with Gasteiger partial charge in [-0.3, -0.25) is 14.5 Å². The zero-order chi connectivity index (χ0) is 21.4. The summed E-state index contributed by atoms with van der Waals surface area (Å²) in [6.07, 6.45) is 2.42. The molecule has 0 radical (unpaired) electrons. The zero-order valence-electron chi connectivity index (χ0n) is 17.8. The molecule has 1 atom stereocenters. The lowest BCUT2D eigenvalue weighted by Crippen LogP contribution is -2.52. The molecule has 3 aromatic rings. The predicted octanol–water partition coefficient (Wildman–Crippen LogP) is 4.32. The Labute approximate surface area is 182 Å². The number of amides is 2. The van der Waals surface area contributed by atoms with Gasteiger partial charge in [-0.15, -0.1) is 0 Å². The number of aryl methyl sites for hydroxylation is 1. The molecule has 2 fully saturated rings. The number of anilines is 1. The second-order valence-electron chi connectivity index (χ2n) is 8.63. The quantitative estimate of drug-likeness (QED) is 0.696. The third kappa shape index (κ3) is 3.93. The van der Waals surface area contributed by atoms with Gasteiger partial charge < -0.3 is 10.2 Å². The average molecular weight is 414 g/mol. The van der Waals surface area contributed by atoms with Gasteiger partial charge in [0.1, 0.15) is 0 Å². The monoisotopic (exact) mass is 413 g/mol. The molecule has 3 aromatic carbocycles. The van der Waals surface area contributed by atoms with Crippen molar-refractivity contribution in [1.82, 2.24) is 9.80 Å². The smallest absolute Gasteiger partial charge is 0.255 e. The summed E-state index contributed by atoms with van der Waals surface area (Å²) in [6, 6.07) is 19.8. The number of carbonyl (C=O) groups excluding carboxylic acids is 2. The summed E-state index contributed by atoms with van der Waals surface area (Å²) in [6.45, 7) is 5.67. The zero-order valence-corrected chi connectivity index (χ0v) is 17.8. The number of fused-ring (bicyclic) bond motifs is 2. The molecule has 0 bridgehead atoms. The minimum atomic E-state index is -0.148. The second-order valence-corrected chi connectivity index (χ2v) is 8.63. The van der Waals surface area contributed by atoms with E-state index in [9.17, 15) is 9.59 Å². The summed E-state index contributed by atoms with van der Waals surface area (Å²) < 4.78 is 0. The fraction of sp³-hybridized carbons (Fsp3) is 0.308. The van der Waals surface area contributed by atoms with Gasteiger partial charge >= 0.3 is 0 Å². The van der Waals surface area contributed by atoms with E-state index < -0.39 is 0 Å². The molecule has 2 amide bonds. The Hall–Kier alpha value is -3.18. The Morgan fingerprint density at radius 2 is 1.71 bits per heavy atom.